The maximum Gasteiger partial charge on any atom is 0.336 e. The van der Waals surface area contributed by atoms with Gasteiger partial charge in [0.25, 0.3) is 0 Å². The summed E-state index contributed by atoms with van der Waals surface area (Å²) in [6, 6.07) is 0. The fourth-order valence-electron chi connectivity index (χ4n) is 2.44. The van der Waals surface area contributed by atoms with E-state index in [2.05, 4.69) is 15.0 Å². The second-order valence-electron chi connectivity index (χ2n) is 4.63. The first-order chi connectivity index (χ1) is 10.1. The van der Waals surface area contributed by atoms with Crippen LogP contribution in [-0.4, -0.2) is 54.8 Å². The van der Waals surface area contributed by atoms with Gasteiger partial charge in [-0.2, -0.15) is 11.8 Å². The van der Waals surface area contributed by atoms with E-state index in [1.807, 2.05) is 0 Å². The number of aliphatic hydroxyl groups is 1. The quantitative estimate of drug-likeness (QED) is 0.659. The molecule has 112 valence electrons. The van der Waals surface area contributed by atoms with Gasteiger partial charge in [-0.25, -0.2) is 19.7 Å². The van der Waals surface area contributed by atoms with E-state index in [1.54, 1.807) is 11.5 Å². The molecule has 2 unspecified atom stereocenters. The highest BCUT2D eigenvalue weighted by molar-refractivity contribution is 7.99. The third-order valence-electron chi connectivity index (χ3n) is 3.50. The van der Waals surface area contributed by atoms with Crippen LogP contribution < -0.4 is 0 Å². The second kappa shape index (κ2) is 5.43. The topological polar surface area (TPSA) is 90.1 Å². The van der Waals surface area contributed by atoms with Gasteiger partial charge in [0.15, 0.2) is 16.3 Å². The van der Waals surface area contributed by atoms with Crippen LogP contribution in [0.5, 0.6) is 0 Å². The van der Waals surface area contributed by atoms with Crippen molar-refractivity contribution in [2.24, 2.45) is 0 Å². The Morgan fingerprint density at radius 3 is 3.10 bits per heavy atom. The van der Waals surface area contributed by atoms with Gasteiger partial charge in [0.1, 0.15) is 11.8 Å². The maximum absolute atomic E-state index is 12.5. The predicted molar refractivity (Wildman–Crippen MR) is 78.3 cm³/mol. The Labute approximate surface area is 129 Å². The lowest BCUT2D eigenvalue weighted by molar-refractivity contribution is -0.157. The van der Waals surface area contributed by atoms with Crippen LogP contribution >= 0.6 is 23.4 Å². The van der Waals surface area contributed by atoms with Crippen molar-refractivity contribution in [1.29, 1.82) is 0 Å². The first kappa shape index (κ1) is 14.6. The number of esters is 1. The van der Waals surface area contributed by atoms with E-state index in [4.69, 9.17) is 16.3 Å². The molecule has 0 spiro atoms. The molecule has 2 aromatic heterocycles. The third kappa shape index (κ3) is 2.09. The zero-order valence-corrected chi connectivity index (χ0v) is 12.8. The van der Waals surface area contributed by atoms with E-state index in [0.29, 0.717) is 22.7 Å². The average molecular weight is 329 g/mol. The SMILES string of the molecule is CCOC(=O)C1(n2cnc3c(Cl)ncnc32)CSCC1O. The normalized spacial score (nSPS) is 25.4. The first-order valence-electron chi connectivity index (χ1n) is 6.38. The Morgan fingerprint density at radius 1 is 1.62 bits per heavy atom. The molecule has 2 atom stereocenters. The first-order valence-corrected chi connectivity index (χ1v) is 7.91. The zero-order chi connectivity index (χ0) is 15.0. The number of thioether (sulfide) groups is 1. The summed E-state index contributed by atoms with van der Waals surface area (Å²) in [5.41, 5.74) is -0.427. The summed E-state index contributed by atoms with van der Waals surface area (Å²) in [6.45, 7) is 1.96. The lowest BCUT2D eigenvalue weighted by Crippen LogP contribution is -2.51. The molecule has 3 rings (SSSR count). The minimum absolute atomic E-state index is 0.206. The zero-order valence-electron chi connectivity index (χ0n) is 11.2. The van der Waals surface area contributed by atoms with Crippen LogP contribution in [0.15, 0.2) is 12.7 Å². The molecule has 1 saturated heterocycles. The van der Waals surface area contributed by atoms with Gasteiger partial charge in [0, 0.05) is 11.5 Å². The van der Waals surface area contributed by atoms with E-state index >= 15 is 0 Å². The van der Waals surface area contributed by atoms with E-state index in [9.17, 15) is 9.90 Å². The molecule has 1 fully saturated rings. The fourth-order valence-corrected chi connectivity index (χ4v) is 3.99. The number of fused-ring (bicyclic) bond motifs is 1. The summed E-state index contributed by atoms with van der Waals surface area (Å²) in [7, 11) is 0. The van der Waals surface area contributed by atoms with Crippen molar-refractivity contribution in [3.63, 3.8) is 0 Å². The van der Waals surface area contributed by atoms with Crippen molar-refractivity contribution in [1.82, 2.24) is 19.5 Å². The molecule has 2 aromatic rings. The Bertz CT molecular complexity index is 694. The Morgan fingerprint density at radius 2 is 2.43 bits per heavy atom. The Hall–Kier alpha value is -1.38. The van der Waals surface area contributed by atoms with Crippen LogP contribution in [0.2, 0.25) is 5.15 Å². The van der Waals surface area contributed by atoms with Crippen molar-refractivity contribution in [3.05, 3.63) is 17.8 Å². The highest BCUT2D eigenvalue weighted by atomic mass is 35.5. The minimum Gasteiger partial charge on any atom is -0.464 e. The number of aliphatic hydroxyl groups excluding tert-OH is 1. The summed E-state index contributed by atoms with van der Waals surface area (Å²) in [5, 5.41) is 10.6. The molecule has 0 radical (unpaired) electrons. The van der Waals surface area contributed by atoms with Gasteiger partial charge in [0.2, 0.25) is 0 Å². The molecule has 21 heavy (non-hydrogen) atoms. The van der Waals surface area contributed by atoms with Crippen LogP contribution in [-0.2, 0) is 15.1 Å². The fraction of sp³-hybridized carbons (Fsp3) is 0.500. The van der Waals surface area contributed by atoms with Crippen LogP contribution in [0, 0.1) is 0 Å². The molecule has 1 aliphatic heterocycles. The summed E-state index contributed by atoms with van der Waals surface area (Å²) in [6.07, 6.45) is 1.88. The standard InChI is InChI=1S/C12H13ClN4O3S/c1-2-20-11(19)12(4-21-3-7(12)18)17-6-16-8-9(13)14-5-15-10(8)17/h5-7,18H,2-4H2,1H3. The van der Waals surface area contributed by atoms with E-state index in [0.717, 1.165) is 0 Å². The molecule has 0 aliphatic carbocycles. The molecule has 0 amide bonds. The van der Waals surface area contributed by atoms with E-state index in [1.165, 1.54) is 24.4 Å². The molecule has 3 heterocycles. The molecule has 1 N–H and O–H groups in total. The van der Waals surface area contributed by atoms with Crippen LogP contribution in [0.4, 0.5) is 0 Å². The Balaban J connectivity index is 2.20. The molecule has 1 aliphatic rings. The molecular formula is C12H13ClN4O3S. The van der Waals surface area contributed by atoms with Crippen molar-refractivity contribution in [3.8, 4) is 0 Å². The number of nitrogens with zero attached hydrogens (tertiary/aromatic N) is 4. The highest BCUT2D eigenvalue weighted by Gasteiger charge is 2.53. The summed E-state index contributed by atoms with van der Waals surface area (Å²) < 4.78 is 6.72. The highest BCUT2D eigenvalue weighted by Crippen LogP contribution is 2.38. The number of aromatic nitrogens is 4. The van der Waals surface area contributed by atoms with E-state index in [-0.39, 0.29) is 11.8 Å². The summed E-state index contributed by atoms with van der Waals surface area (Å²) in [4.78, 5) is 24.7. The molecular weight excluding hydrogens is 316 g/mol. The van der Waals surface area contributed by atoms with Crippen molar-refractivity contribution < 1.29 is 14.6 Å². The van der Waals surface area contributed by atoms with Gasteiger partial charge < -0.3 is 9.84 Å². The summed E-state index contributed by atoms with van der Waals surface area (Å²) >= 11 is 7.47. The molecule has 0 bridgehead atoms. The molecule has 0 saturated carbocycles. The number of carbonyl (C=O) groups is 1. The van der Waals surface area contributed by atoms with Gasteiger partial charge in [-0.05, 0) is 6.92 Å². The van der Waals surface area contributed by atoms with Crippen LogP contribution in [0.25, 0.3) is 11.2 Å². The number of hydrogen-bond acceptors (Lipinski definition) is 7. The second-order valence-corrected chi connectivity index (χ2v) is 6.02. The number of hydrogen-bond donors (Lipinski definition) is 1. The van der Waals surface area contributed by atoms with Gasteiger partial charge in [-0.15, -0.1) is 0 Å². The van der Waals surface area contributed by atoms with Crippen LogP contribution in [0.3, 0.4) is 0 Å². The average Bonchev–Trinajstić information content (AvgIpc) is 3.04. The maximum atomic E-state index is 12.5. The van der Waals surface area contributed by atoms with Gasteiger partial charge in [-0.3, -0.25) is 4.57 Å². The minimum atomic E-state index is -1.23. The lowest BCUT2D eigenvalue weighted by atomic mass is 9.95. The Kier molecular flexibility index (Phi) is 3.76. The monoisotopic (exact) mass is 328 g/mol. The summed E-state index contributed by atoms with van der Waals surface area (Å²) in [5.74, 6) is 0.341. The number of ether oxygens (including phenoxy) is 1. The van der Waals surface area contributed by atoms with Crippen molar-refractivity contribution in [2.75, 3.05) is 18.1 Å². The molecule has 7 nitrogen and oxygen atoms in total. The molecule has 0 aromatic carbocycles. The number of halogens is 1. The van der Waals surface area contributed by atoms with Gasteiger partial charge in [-0.1, -0.05) is 11.6 Å². The smallest absolute Gasteiger partial charge is 0.336 e. The van der Waals surface area contributed by atoms with Crippen molar-refractivity contribution in [2.45, 2.75) is 18.6 Å². The predicted octanol–water partition coefficient (Wildman–Crippen LogP) is 0.846. The number of rotatable bonds is 3. The van der Waals surface area contributed by atoms with E-state index < -0.39 is 17.6 Å². The van der Waals surface area contributed by atoms with Crippen LogP contribution in [0.1, 0.15) is 6.92 Å². The molecule has 9 heteroatoms. The van der Waals surface area contributed by atoms with Crippen molar-refractivity contribution >= 4 is 40.5 Å². The third-order valence-corrected chi connectivity index (χ3v) is 4.97. The van der Waals surface area contributed by atoms with Gasteiger partial charge >= 0.3 is 5.97 Å². The van der Waals surface area contributed by atoms with Gasteiger partial charge in [0.05, 0.1) is 19.0 Å². The number of imidazole rings is 1. The number of carbonyl (C=O) groups excluding carboxylic acids is 1. The largest absolute Gasteiger partial charge is 0.464 e. The lowest BCUT2D eigenvalue weighted by Gasteiger charge is -2.30.